The lowest BCUT2D eigenvalue weighted by atomic mass is 9.77. The molecular formula is C27H32O8. The third kappa shape index (κ3) is 4.49. The Labute approximate surface area is 206 Å². The van der Waals surface area contributed by atoms with E-state index >= 15 is 0 Å². The second-order valence-electron chi connectivity index (χ2n) is 7.42. The van der Waals surface area contributed by atoms with Crippen LogP contribution >= 0.6 is 0 Å². The molecule has 0 atom stereocenters. The first-order valence-electron chi connectivity index (χ1n) is 10.8. The number of methoxy groups -OCH3 is 8. The summed E-state index contributed by atoms with van der Waals surface area (Å²) in [6.07, 6.45) is 0. The Morgan fingerprint density at radius 1 is 0.429 bits per heavy atom. The van der Waals surface area contributed by atoms with Crippen LogP contribution in [0.15, 0.2) is 48.5 Å². The number of rotatable bonds is 11. The predicted octanol–water partition coefficient (Wildman–Crippen LogP) is 4.69. The summed E-state index contributed by atoms with van der Waals surface area (Å²) >= 11 is 0. The van der Waals surface area contributed by atoms with Gasteiger partial charge < -0.3 is 37.9 Å². The molecule has 3 aromatic carbocycles. The second kappa shape index (κ2) is 11.1. The van der Waals surface area contributed by atoms with E-state index in [9.17, 15) is 0 Å². The van der Waals surface area contributed by atoms with Gasteiger partial charge in [-0.05, 0) is 24.3 Å². The van der Waals surface area contributed by atoms with E-state index in [2.05, 4.69) is 0 Å². The van der Waals surface area contributed by atoms with E-state index in [1.165, 1.54) is 0 Å². The van der Waals surface area contributed by atoms with Crippen LogP contribution < -0.4 is 33.2 Å². The molecule has 0 aromatic heterocycles. The van der Waals surface area contributed by atoms with Crippen molar-refractivity contribution >= 4 is 0 Å². The lowest BCUT2D eigenvalue weighted by Gasteiger charge is -2.37. The summed E-state index contributed by atoms with van der Waals surface area (Å²) in [6, 6.07) is 14.6. The van der Waals surface area contributed by atoms with Gasteiger partial charge in [-0.3, -0.25) is 0 Å². The van der Waals surface area contributed by atoms with Crippen molar-refractivity contribution in [2.24, 2.45) is 0 Å². The first kappa shape index (κ1) is 25.8. The minimum absolute atomic E-state index is 0.485. The molecule has 0 spiro atoms. The molecule has 0 saturated carbocycles. The molecule has 188 valence electrons. The summed E-state index contributed by atoms with van der Waals surface area (Å²) in [5.74, 6) is 3.86. The van der Waals surface area contributed by atoms with Gasteiger partial charge in [-0.2, -0.15) is 0 Å². The molecule has 35 heavy (non-hydrogen) atoms. The van der Waals surface area contributed by atoms with Gasteiger partial charge in [0.15, 0.2) is 5.60 Å². The number of benzene rings is 3. The second-order valence-corrected chi connectivity index (χ2v) is 7.42. The van der Waals surface area contributed by atoms with E-state index in [0.717, 1.165) is 0 Å². The highest BCUT2D eigenvalue weighted by Crippen LogP contribution is 2.54. The van der Waals surface area contributed by atoms with Gasteiger partial charge in [0.1, 0.15) is 40.2 Å². The van der Waals surface area contributed by atoms with Crippen molar-refractivity contribution in [3.8, 4) is 40.2 Å². The van der Waals surface area contributed by atoms with Crippen LogP contribution in [-0.4, -0.2) is 56.9 Å². The quantitative estimate of drug-likeness (QED) is 0.363. The maximum Gasteiger partial charge on any atom is 0.157 e. The van der Waals surface area contributed by atoms with Crippen LogP contribution in [0.3, 0.4) is 0 Å². The Morgan fingerprint density at radius 3 is 1.11 bits per heavy atom. The lowest BCUT2D eigenvalue weighted by Crippen LogP contribution is -2.34. The first-order valence-corrected chi connectivity index (χ1v) is 10.8. The fourth-order valence-electron chi connectivity index (χ4n) is 4.27. The zero-order chi connectivity index (χ0) is 25.6. The third-order valence-electron chi connectivity index (χ3n) is 5.95. The molecule has 0 bridgehead atoms. The van der Waals surface area contributed by atoms with E-state index in [-0.39, 0.29) is 0 Å². The largest absolute Gasteiger partial charge is 0.497 e. The molecule has 8 heteroatoms. The fraction of sp³-hybridized carbons (Fsp3) is 0.333. The number of ether oxygens (including phenoxy) is 8. The highest BCUT2D eigenvalue weighted by atomic mass is 16.5. The zero-order valence-electron chi connectivity index (χ0n) is 21.4. The molecule has 0 aliphatic rings. The van der Waals surface area contributed by atoms with E-state index < -0.39 is 5.60 Å². The normalized spacial score (nSPS) is 11.0. The SMILES string of the molecule is COc1ccc(C(OC)(c2ccc(OC)cc2OC)c2c(OC)cc(OC)cc2OC)c(OC)c1. The molecule has 8 nitrogen and oxygen atoms in total. The van der Waals surface area contributed by atoms with Gasteiger partial charge >= 0.3 is 0 Å². The van der Waals surface area contributed by atoms with E-state index in [0.29, 0.717) is 56.9 Å². The van der Waals surface area contributed by atoms with Crippen LogP contribution in [0.2, 0.25) is 0 Å². The molecule has 0 radical (unpaired) electrons. The van der Waals surface area contributed by atoms with Gasteiger partial charge in [-0.1, -0.05) is 0 Å². The molecule has 3 aromatic rings. The molecule has 0 heterocycles. The standard InChI is InChI=1S/C27H32O8/c1-28-17-9-11-20(22(13-17)31-4)27(35-8,21-12-10-18(29-2)14-23(21)32-5)26-24(33-6)15-19(30-3)16-25(26)34-7/h9-16H,1-8H3. The summed E-state index contributed by atoms with van der Waals surface area (Å²) in [5.41, 5.74) is 0.637. The molecule has 0 fully saturated rings. The number of hydrogen-bond acceptors (Lipinski definition) is 8. The van der Waals surface area contributed by atoms with Gasteiger partial charge in [0.25, 0.3) is 0 Å². The maximum absolute atomic E-state index is 6.44. The van der Waals surface area contributed by atoms with Crippen molar-refractivity contribution in [2.75, 3.05) is 56.9 Å². The van der Waals surface area contributed by atoms with E-state index in [1.807, 2.05) is 24.3 Å². The van der Waals surface area contributed by atoms with Gasteiger partial charge in [-0.15, -0.1) is 0 Å². The van der Waals surface area contributed by atoms with Crippen molar-refractivity contribution in [3.05, 3.63) is 65.2 Å². The van der Waals surface area contributed by atoms with Gasteiger partial charge in [0.2, 0.25) is 0 Å². The van der Waals surface area contributed by atoms with Gasteiger partial charge in [0, 0.05) is 42.5 Å². The average molecular weight is 485 g/mol. The summed E-state index contributed by atoms with van der Waals surface area (Å²) in [4.78, 5) is 0. The molecule has 0 amide bonds. The van der Waals surface area contributed by atoms with Crippen LogP contribution in [0.1, 0.15) is 16.7 Å². The Kier molecular flexibility index (Phi) is 8.19. The van der Waals surface area contributed by atoms with Gasteiger partial charge in [0.05, 0.1) is 55.3 Å². The van der Waals surface area contributed by atoms with Crippen molar-refractivity contribution in [1.29, 1.82) is 0 Å². The van der Waals surface area contributed by atoms with Crippen molar-refractivity contribution < 1.29 is 37.9 Å². The zero-order valence-corrected chi connectivity index (χ0v) is 21.4. The molecule has 0 N–H and O–H groups in total. The summed E-state index contributed by atoms with van der Waals surface area (Å²) in [6.45, 7) is 0. The minimum Gasteiger partial charge on any atom is -0.497 e. The lowest BCUT2D eigenvalue weighted by molar-refractivity contribution is 0.0496. The molecular weight excluding hydrogens is 452 g/mol. The molecule has 0 aliphatic heterocycles. The van der Waals surface area contributed by atoms with Crippen molar-refractivity contribution in [2.45, 2.75) is 5.60 Å². The summed E-state index contributed by atoms with van der Waals surface area (Å²) in [5, 5.41) is 0. The monoisotopic (exact) mass is 484 g/mol. The summed E-state index contributed by atoms with van der Waals surface area (Å²) in [7, 11) is 12.7. The van der Waals surface area contributed by atoms with E-state index in [4.69, 9.17) is 37.9 Å². The molecule has 3 rings (SSSR count). The third-order valence-corrected chi connectivity index (χ3v) is 5.95. The highest BCUT2D eigenvalue weighted by Gasteiger charge is 2.46. The topological polar surface area (TPSA) is 73.8 Å². The fourth-order valence-corrected chi connectivity index (χ4v) is 4.27. The molecule has 0 unspecified atom stereocenters. The Balaban J connectivity index is 2.56. The number of hydrogen-bond donors (Lipinski definition) is 0. The Bertz CT molecular complexity index is 1080. The summed E-state index contributed by atoms with van der Waals surface area (Å²) < 4.78 is 46.1. The van der Waals surface area contributed by atoms with Crippen LogP contribution in [0.25, 0.3) is 0 Å². The Morgan fingerprint density at radius 2 is 0.800 bits per heavy atom. The smallest absolute Gasteiger partial charge is 0.157 e. The average Bonchev–Trinajstić information content (AvgIpc) is 2.93. The Hall–Kier alpha value is -3.78. The van der Waals surface area contributed by atoms with Crippen LogP contribution in [-0.2, 0) is 10.3 Å². The first-order chi connectivity index (χ1) is 17.0. The van der Waals surface area contributed by atoms with E-state index in [1.54, 1.807) is 81.1 Å². The highest BCUT2D eigenvalue weighted by molar-refractivity contribution is 5.66. The predicted molar refractivity (Wildman–Crippen MR) is 132 cm³/mol. The molecule has 0 saturated heterocycles. The minimum atomic E-state index is -1.31. The van der Waals surface area contributed by atoms with Crippen LogP contribution in [0.5, 0.6) is 40.2 Å². The molecule has 0 aliphatic carbocycles. The maximum atomic E-state index is 6.44. The van der Waals surface area contributed by atoms with Crippen molar-refractivity contribution in [3.63, 3.8) is 0 Å². The van der Waals surface area contributed by atoms with Crippen LogP contribution in [0, 0.1) is 0 Å². The van der Waals surface area contributed by atoms with Crippen molar-refractivity contribution in [1.82, 2.24) is 0 Å². The van der Waals surface area contributed by atoms with Gasteiger partial charge in [-0.25, -0.2) is 0 Å². The van der Waals surface area contributed by atoms with Crippen LogP contribution in [0.4, 0.5) is 0 Å².